The number of allylic oxidation sites excluding steroid dienone is 1. The molecule has 3 heterocycles. The van der Waals surface area contributed by atoms with Crippen LogP contribution < -0.4 is 15.1 Å². The third kappa shape index (κ3) is 5.60. The minimum Gasteiger partial charge on any atom is -0.455 e. The lowest BCUT2D eigenvalue weighted by molar-refractivity contribution is -0.0227. The van der Waals surface area contributed by atoms with Gasteiger partial charge in [-0.1, -0.05) is 45.0 Å². The molecule has 46 heavy (non-hydrogen) atoms. The van der Waals surface area contributed by atoms with Gasteiger partial charge in [0.05, 0.1) is 17.0 Å². The minimum atomic E-state index is -0.658. The molecule has 0 radical (unpaired) electrons. The number of benzene rings is 2. The number of fused-ring (bicyclic) bond motifs is 1. The van der Waals surface area contributed by atoms with Crippen LogP contribution in [0.5, 0.6) is 11.5 Å². The Morgan fingerprint density at radius 2 is 1.89 bits per heavy atom. The fourth-order valence-corrected chi connectivity index (χ4v) is 8.46. The van der Waals surface area contributed by atoms with Crippen LogP contribution in [-0.2, 0) is 12.8 Å². The van der Waals surface area contributed by atoms with Gasteiger partial charge in [0.1, 0.15) is 17.3 Å². The second kappa shape index (κ2) is 12.5. The van der Waals surface area contributed by atoms with Crippen LogP contribution in [0, 0.1) is 5.41 Å². The minimum absolute atomic E-state index is 0.208. The summed E-state index contributed by atoms with van der Waals surface area (Å²) in [6.07, 6.45) is 9.92. The summed E-state index contributed by atoms with van der Waals surface area (Å²) in [5.41, 5.74) is 8.17. The van der Waals surface area contributed by atoms with E-state index >= 15 is 0 Å². The summed E-state index contributed by atoms with van der Waals surface area (Å²) in [7, 11) is 0. The third-order valence-electron chi connectivity index (χ3n) is 11.0. The fraction of sp³-hybridized carbons (Fsp3) is 0.474. The first-order chi connectivity index (χ1) is 22.3. The number of aryl methyl sites for hydroxylation is 1. The summed E-state index contributed by atoms with van der Waals surface area (Å²) in [5.74, 6) is 0.304. The van der Waals surface area contributed by atoms with Gasteiger partial charge in [0, 0.05) is 48.9 Å². The Kier molecular flexibility index (Phi) is 8.36. The van der Waals surface area contributed by atoms with Crippen LogP contribution in [0.1, 0.15) is 110 Å². The van der Waals surface area contributed by atoms with Crippen LogP contribution in [0.3, 0.4) is 0 Å². The molecule has 1 spiro atoms. The van der Waals surface area contributed by atoms with Gasteiger partial charge in [-0.25, -0.2) is 9.87 Å². The number of hydroxylamine groups is 1. The van der Waals surface area contributed by atoms with Gasteiger partial charge >= 0.3 is 0 Å². The van der Waals surface area contributed by atoms with Crippen LogP contribution in [0.4, 0.5) is 10.1 Å². The van der Waals surface area contributed by atoms with Crippen molar-refractivity contribution in [2.24, 2.45) is 5.41 Å². The molecule has 8 heteroatoms. The number of halogens is 1. The monoisotopic (exact) mass is 624 g/mol. The van der Waals surface area contributed by atoms with Crippen LogP contribution in [-0.4, -0.2) is 46.7 Å². The lowest BCUT2D eigenvalue weighted by Gasteiger charge is -2.56. The summed E-state index contributed by atoms with van der Waals surface area (Å²) < 4.78 is 20.8. The second-order valence-corrected chi connectivity index (χ2v) is 14.0. The second-order valence-electron chi connectivity index (χ2n) is 14.0. The van der Waals surface area contributed by atoms with Gasteiger partial charge in [0.15, 0.2) is 0 Å². The van der Waals surface area contributed by atoms with E-state index in [0.717, 1.165) is 31.6 Å². The maximum atomic E-state index is 14.4. The number of carbonyl (C=O) groups is 1. The number of hydrogen-bond acceptors (Lipinski definition) is 6. The van der Waals surface area contributed by atoms with Crippen molar-refractivity contribution in [1.82, 2.24) is 15.4 Å². The Labute approximate surface area is 271 Å². The zero-order valence-corrected chi connectivity index (χ0v) is 27.2. The topological polar surface area (TPSA) is 77.9 Å². The fourth-order valence-electron chi connectivity index (χ4n) is 8.46. The molecule has 1 atom stereocenters. The quantitative estimate of drug-likeness (QED) is 0.195. The van der Waals surface area contributed by atoms with Crippen LogP contribution in [0.15, 0.2) is 54.6 Å². The molecule has 2 aliphatic heterocycles. The van der Waals surface area contributed by atoms with E-state index in [4.69, 9.17) is 4.74 Å². The summed E-state index contributed by atoms with van der Waals surface area (Å²) in [4.78, 5) is 22.4. The third-order valence-corrected chi connectivity index (χ3v) is 11.0. The highest BCUT2D eigenvalue weighted by Crippen LogP contribution is 2.54. The van der Waals surface area contributed by atoms with Crippen molar-refractivity contribution in [2.75, 3.05) is 24.5 Å². The largest absolute Gasteiger partial charge is 0.455 e. The Hall–Kier alpha value is -3.75. The number of carbonyl (C=O) groups excluding carboxylic acids is 1. The zero-order chi connectivity index (χ0) is 32.0. The lowest BCUT2D eigenvalue weighted by atomic mass is 9.59. The Morgan fingerprint density at radius 1 is 1.11 bits per heavy atom. The molecule has 7 rings (SSSR count). The van der Waals surface area contributed by atoms with Gasteiger partial charge in [-0.2, -0.15) is 0 Å². The Morgan fingerprint density at radius 3 is 2.63 bits per heavy atom. The number of rotatable bonds is 8. The van der Waals surface area contributed by atoms with E-state index in [1.165, 1.54) is 49.4 Å². The smallest absolute Gasteiger partial charge is 0.278 e. The van der Waals surface area contributed by atoms with Gasteiger partial charge in [-0.05, 0) is 98.2 Å². The molecule has 4 aliphatic rings. The number of hydrogen-bond donors (Lipinski definition) is 2. The Bertz CT molecular complexity index is 1650. The molecule has 7 nitrogen and oxygen atoms in total. The van der Waals surface area contributed by atoms with Crippen LogP contribution in [0.2, 0.25) is 0 Å². The lowest BCUT2D eigenvalue weighted by Crippen LogP contribution is -2.54. The average Bonchev–Trinajstić information content (AvgIpc) is 3.69. The normalized spacial score (nSPS) is 21.0. The van der Waals surface area contributed by atoms with Crippen molar-refractivity contribution in [3.8, 4) is 11.5 Å². The van der Waals surface area contributed by atoms with Crippen molar-refractivity contribution in [1.29, 1.82) is 0 Å². The first-order valence-electron chi connectivity index (χ1n) is 17.0. The van der Waals surface area contributed by atoms with E-state index in [-0.39, 0.29) is 11.4 Å². The number of piperidine rings is 1. The Balaban J connectivity index is 1.05. The molecule has 2 aromatic carbocycles. The number of amides is 1. The molecule has 2 saturated heterocycles. The summed E-state index contributed by atoms with van der Waals surface area (Å²) in [5, 5.41) is 9.43. The molecule has 1 amide bonds. The summed E-state index contributed by atoms with van der Waals surface area (Å²) in [6, 6.07) is 17.4. The number of likely N-dealkylation sites (tertiary alicyclic amines) is 1. The highest BCUT2D eigenvalue weighted by Gasteiger charge is 2.50. The summed E-state index contributed by atoms with van der Waals surface area (Å²) in [6.45, 7) is 9.66. The predicted octanol–water partition coefficient (Wildman–Crippen LogP) is 8.13. The van der Waals surface area contributed by atoms with Crippen molar-refractivity contribution < 1.29 is 19.1 Å². The number of ether oxygens (including phenoxy) is 1. The van der Waals surface area contributed by atoms with Gasteiger partial charge in [0.25, 0.3) is 5.91 Å². The molecule has 0 bridgehead atoms. The highest BCUT2D eigenvalue weighted by molar-refractivity contribution is 5.96. The van der Waals surface area contributed by atoms with E-state index in [1.807, 2.05) is 19.1 Å². The van der Waals surface area contributed by atoms with Gasteiger partial charge in [-0.15, -0.1) is 0 Å². The van der Waals surface area contributed by atoms with E-state index in [2.05, 4.69) is 52.9 Å². The molecule has 242 valence electrons. The van der Waals surface area contributed by atoms with E-state index in [0.29, 0.717) is 64.7 Å². The first-order valence-corrected chi connectivity index (χ1v) is 17.0. The SMILES string of the molecule is CCc1nc2c(cc1Oc1cc(N3CCC4(CC3)CC(N3CCCC3c3ccccc3C(C)C)C4)ccc1C(=O)NO)C(F)=CC2. The van der Waals surface area contributed by atoms with Gasteiger partial charge in [-0.3, -0.25) is 19.9 Å². The van der Waals surface area contributed by atoms with E-state index in [1.54, 1.807) is 17.6 Å². The number of anilines is 1. The van der Waals surface area contributed by atoms with E-state index in [9.17, 15) is 14.4 Å². The molecule has 2 aliphatic carbocycles. The van der Waals surface area contributed by atoms with E-state index < -0.39 is 5.91 Å². The standard InChI is InChI=1S/C38H45FN4O3/c1-4-32-36(21-30-31(39)13-14-33(30)40-32)46-35-20-25(11-12-29(35)37(44)41-45)42-18-15-38(16-19-42)22-26(23-38)43-17-7-10-34(43)28-9-6-5-8-27(28)24(2)3/h5-6,8-9,11-13,20-21,24,26,34,45H,4,7,10,14-19,22-23H2,1-3H3,(H,41,44). The summed E-state index contributed by atoms with van der Waals surface area (Å²) >= 11 is 0. The molecular weight excluding hydrogens is 579 g/mol. The van der Waals surface area contributed by atoms with Crippen molar-refractivity contribution >= 4 is 17.4 Å². The van der Waals surface area contributed by atoms with Crippen LogP contribution in [0.25, 0.3) is 5.83 Å². The van der Waals surface area contributed by atoms with Crippen molar-refractivity contribution in [3.05, 3.63) is 88.2 Å². The van der Waals surface area contributed by atoms with Crippen molar-refractivity contribution in [2.45, 2.75) is 90.1 Å². The molecule has 1 aromatic heterocycles. The molecule has 3 aromatic rings. The number of nitrogens with one attached hydrogen (secondary N) is 1. The molecule has 2 N–H and O–H groups in total. The van der Waals surface area contributed by atoms with Crippen LogP contribution >= 0.6 is 0 Å². The molecular formula is C38H45FN4O3. The predicted molar refractivity (Wildman–Crippen MR) is 178 cm³/mol. The van der Waals surface area contributed by atoms with Crippen molar-refractivity contribution in [3.63, 3.8) is 0 Å². The zero-order valence-electron chi connectivity index (χ0n) is 27.2. The first kappa shape index (κ1) is 30.9. The van der Waals surface area contributed by atoms with Gasteiger partial charge < -0.3 is 9.64 Å². The number of nitrogens with zero attached hydrogens (tertiary/aromatic N) is 3. The van der Waals surface area contributed by atoms with Gasteiger partial charge in [0.2, 0.25) is 0 Å². The molecule has 3 fully saturated rings. The average molecular weight is 625 g/mol. The number of aromatic nitrogens is 1. The number of pyridine rings is 1. The molecule has 1 saturated carbocycles. The maximum absolute atomic E-state index is 14.4. The molecule has 1 unspecified atom stereocenters. The maximum Gasteiger partial charge on any atom is 0.278 e. The highest BCUT2D eigenvalue weighted by atomic mass is 19.1.